The summed E-state index contributed by atoms with van der Waals surface area (Å²) in [5, 5.41) is 5.28. The second-order valence-electron chi connectivity index (χ2n) is 6.91. The van der Waals surface area contributed by atoms with Crippen molar-refractivity contribution in [2.75, 3.05) is 23.8 Å². The van der Waals surface area contributed by atoms with Crippen molar-refractivity contribution < 1.29 is 33.0 Å². The number of carbonyl (C=O) groups excluding carboxylic acids is 4. The van der Waals surface area contributed by atoms with Crippen molar-refractivity contribution in [3.8, 4) is 0 Å². The van der Waals surface area contributed by atoms with Crippen LogP contribution in [-0.4, -0.2) is 37.0 Å². The van der Waals surface area contributed by atoms with Gasteiger partial charge in [0.2, 0.25) is 0 Å². The van der Waals surface area contributed by atoms with Gasteiger partial charge in [0, 0.05) is 5.69 Å². The van der Waals surface area contributed by atoms with Gasteiger partial charge in [-0.05, 0) is 43.7 Å². The lowest BCUT2D eigenvalue weighted by Gasteiger charge is -2.08. The van der Waals surface area contributed by atoms with E-state index in [0.29, 0.717) is 11.3 Å². The molecule has 0 bridgehead atoms. The Morgan fingerprint density at radius 2 is 1.59 bits per heavy atom. The number of hydrogen-bond donors (Lipinski definition) is 2. The molecular formula is C24H21FN2O6S. The molecule has 10 heteroatoms. The highest BCUT2D eigenvalue weighted by Gasteiger charge is 2.27. The molecule has 3 rings (SSSR count). The maximum atomic E-state index is 13.7. The number of ether oxygens (including phenoxy) is 2. The van der Waals surface area contributed by atoms with Gasteiger partial charge in [0.15, 0.2) is 6.61 Å². The average molecular weight is 485 g/mol. The monoisotopic (exact) mass is 484 g/mol. The molecular weight excluding hydrogens is 463 g/mol. The second-order valence-corrected chi connectivity index (χ2v) is 7.93. The number of anilines is 2. The predicted octanol–water partition coefficient (Wildman–Crippen LogP) is 4.42. The van der Waals surface area contributed by atoms with Gasteiger partial charge in [-0.2, -0.15) is 0 Å². The van der Waals surface area contributed by atoms with Gasteiger partial charge in [-0.1, -0.05) is 30.3 Å². The topological polar surface area (TPSA) is 111 Å². The molecule has 176 valence electrons. The van der Waals surface area contributed by atoms with Crippen molar-refractivity contribution in [2.45, 2.75) is 13.8 Å². The normalized spacial score (nSPS) is 10.3. The fraction of sp³-hybridized carbons (Fsp3) is 0.167. The summed E-state index contributed by atoms with van der Waals surface area (Å²) in [6.45, 7) is 2.56. The highest BCUT2D eigenvalue weighted by Crippen LogP contribution is 2.34. The predicted molar refractivity (Wildman–Crippen MR) is 125 cm³/mol. The highest BCUT2D eigenvalue weighted by molar-refractivity contribution is 7.19. The molecule has 2 N–H and O–H groups in total. The van der Waals surface area contributed by atoms with Crippen LogP contribution in [0, 0.1) is 12.7 Å². The number of rotatable bonds is 8. The van der Waals surface area contributed by atoms with Gasteiger partial charge in [0.1, 0.15) is 10.8 Å². The third kappa shape index (κ3) is 5.84. The number of carbonyl (C=O) groups is 4. The molecule has 0 atom stereocenters. The van der Waals surface area contributed by atoms with Gasteiger partial charge in [0.05, 0.1) is 22.6 Å². The van der Waals surface area contributed by atoms with Gasteiger partial charge < -0.3 is 20.1 Å². The average Bonchev–Trinajstić information content (AvgIpc) is 3.14. The molecule has 0 unspecified atom stereocenters. The Morgan fingerprint density at radius 3 is 2.26 bits per heavy atom. The lowest BCUT2D eigenvalue weighted by atomic mass is 10.1. The first-order valence-corrected chi connectivity index (χ1v) is 11.0. The Hall–Kier alpha value is -4.05. The van der Waals surface area contributed by atoms with E-state index in [-0.39, 0.29) is 27.6 Å². The number of amides is 2. The Morgan fingerprint density at radius 1 is 0.912 bits per heavy atom. The molecule has 8 nitrogen and oxygen atoms in total. The van der Waals surface area contributed by atoms with Gasteiger partial charge in [-0.25, -0.2) is 14.0 Å². The van der Waals surface area contributed by atoms with Crippen molar-refractivity contribution in [2.24, 2.45) is 0 Å². The van der Waals surface area contributed by atoms with Crippen LogP contribution >= 0.6 is 11.3 Å². The number of nitrogens with one attached hydrogen (secondary N) is 2. The lowest BCUT2D eigenvalue weighted by molar-refractivity contribution is -0.119. The summed E-state index contributed by atoms with van der Waals surface area (Å²) >= 11 is 0.884. The molecule has 0 aliphatic rings. The van der Waals surface area contributed by atoms with E-state index in [9.17, 15) is 23.6 Å². The van der Waals surface area contributed by atoms with E-state index in [1.807, 2.05) is 0 Å². The van der Waals surface area contributed by atoms with Gasteiger partial charge in [-0.15, -0.1) is 11.3 Å². The maximum Gasteiger partial charge on any atom is 0.341 e. The molecule has 1 aromatic heterocycles. The van der Waals surface area contributed by atoms with E-state index in [2.05, 4.69) is 10.6 Å². The minimum atomic E-state index is -1.01. The van der Waals surface area contributed by atoms with Crippen LogP contribution in [0.2, 0.25) is 0 Å². The fourth-order valence-corrected chi connectivity index (χ4v) is 4.08. The lowest BCUT2D eigenvalue weighted by Crippen LogP contribution is -2.22. The van der Waals surface area contributed by atoms with E-state index in [4.69, 9.17) is 9.47 Å². The molecule has 3 aromatic rings. The van der Waals surface area contributed by atoms with E-state index >= 15 is 0 Å². The van der Waals surface area contributed by atoms with Crippen LogP contribution < -0.4 is 10.6 Å². The van der Waals surface area contributed by atoms with E-state index in [1.165, 1.54) is 18.2 Å². The van der Waals surface area contributed by atoms with Crippen molar-refractivity contribution in [3.63, 3.8) is 0 Å². The molecule has 0 spiro atoms. The van der Waals surface area contributed by atoms with Gasteiger partial charge in [-0.3, -0.25) is 9.59 Å². The first-order valence-electron chi connectivity index (χ1n) is 10.2. The SMILES string of the molecule is CCOC(=O)c1c(NC(=O)COC(=O)c2ccccc2F)sc(C(=O)Nc2ccccc2)c1C. The zero-order valence-corrected chi connectivity index (χ0v) is 19.2. The molecule has 0 aliphatic carbocycles. The Balaban J connectivity index is 1.77. The zero-order valence-electron chi connectivity index (χ0n) is 18.3. The third-order valence-electron chi connectivity index (χ3n) is 4.55. The van der Waals surface area contributed by atoms with Crippen LogP contribution in [0.3, 0.4) is 0 Å². The summed E-state index contributed by atoms with van der Waals surface area (Å²) in [6, 6.07) is 13.9. The van der Waals surface area contributed by atoms with Crippen LogP contribution in [0.1, 0.15) is 42.9 Å². The van der Waals surface area contributed by atoms with Gasteiger partial charge >= 0.3 is 11.9 Å². The number of esters is 2. The van der Waals surface area contributed by atoms with Crippen molar-refractivity contribution in [1.29, 1.82) is 0 Å². The first-order chi connectivity index (χ1) is 16.3. The Kier molecular flexibility index (Phi) is 8.10. The Bertz CT molecular complexity index is 1230. The smallest absolute Gasteiger partial charge is 0.341 e. The van der Waals surface area contributed by atoms with Crippen molar-refractivity contribution in [1.82, 2.24) is 0 Å². The molecule has 1 heterocycles. The van der Waals surface area contributed by atoms with E-state index < -0.39 is 36.2 Å². The second kappa shape index (κ2) is 11.2. The number of thiophene rings is 1. The molecule has 0 aliphatic heterocycles. The van der Waals surface area contributed by atoms with Crippen molar-refractivity contribution >= 4 is 45.8 Å². The third-order valence-corrected chi connectivity index (χ3v) is 5.75. The molecule has 2 aromatic carbocycles. The summed E-state index contributed by atoms with van der Waals surface area (Å²) in [5.74, 6) is -3.74. The molecule has 0 radical (unpaired) electrons. The van der Waals surface area contributed by atoms with E-state index in [1.54, 1.807) is 44.2 Å². The number of para-hydroxylation sites is 1. The molecule has 0 saturated heterocycles. The number of hydrogen-bond acceptors (Lipinski definition) is 7. The Labute approximate surface area is 198 Å². The summed E-state index contributed by atoms with van der Waals surface area (Å²) in [5.41, 5.74) is 0.604. The summed E-state index contributed by atoms with van der Waals surface area (Å²) in [6.07, 6.45) is 0. The minimum Gasteiger partial charge on any atom is -0.462 e. The van der Waals surface area contributed by atoms with Crippen LogP contribution in [0.4, 0.5) is 15.1 Å². The molecule has 0 saturated carbocycles. The molecule has 34 heavy (non-hydrogen) atoms. The van der Waals surface area contributed by atoms with Crippen molar-refractivity contribution in [3.05, 3.63) is 82.0 Å². The standard InChI is InChI=1S/C24H21FN2O6S/c1-3-32-24(31)19-14(2)20(21(29)26-15-9-5-4-6-10-15)34-22(19)27-18(28)13-33-23(30)16-11-7-8-12-17(16)25/h4-12H,3,13H2,1-2H3,(H,26,29)(H,27,28). The first kappa shape index (κ1) is 24.6. The van der Waals surface area contributed by atoms with Crippen LogP contribution in [0.5, 0.6) is 0 Å². The summed E-state index contributed by atoms with van der Waals surface area (Å²) in [4.78, 5) is 50.0. The largest absolute Gasteiger partial charge is 0.462 e. The highest BCUT2D eigenvalue weighted by atomic mass is 32.1. The van der Waals surface area contributed by atoms with Crippen LogP contribution in [-0.2, 0) is 14.3 Å². The van der Waals surface area contributed by atoms with Crippen LogP contribution in [0.25, 0.3) is 0 Å². The summed E-state index contributed by atoms with van der Waals surface area (Å²) in [7, 11) is 0. The quantitative estimate of drug-likeness (QED) is 0.458. The van der Waals surface area contributed by atoms with E-state index in [0.717, 1.165) is 17.4 Å². The zero-order chi connectivity index (χ0) is 24.7. The van der Waals surface area contributed by atoms with Crippen LogP contribution in [0.15, 0.2) is 54.6 Å². The maximum absolute atomic E-state index is 13.7. The number of halogens is 1. The van der Waals surface area contributed by atoms with Gasteiger partial charge in [0.25, 0.3) is 11.8 Å². The molecule has 0 fully saturated rings. The fourth-order valence-electron chi connectivity index (χ4n) is 2.97. The minimum absolute atomic E-state index is 0.0267. The molecule has 2 amide bonds. The summed E-state index contributed by atoms with van der Waals surface area (Å²) < 4.78 is 23.7. The number of benzene rings is 2.